The Bertz CT molecular complexity index is 636. The quantitative estimate of drug-likeness (QED) is 0.235. The first-order chi connectivity index (χ1) is 11.7. The number of nitrogens with zero attached hydrogens (tertiary/aromatic N) is 3. The molecule has 0 spiro atoms. The summed E-state index contributed by atoms with van der Waals surface area (Å²) in [6, 6.07) is 9.94. The lowest BCUT2D eigenvalue weighted by molar-refractivity contribution is 0.808. The maximum absolute atomic E-state index is 6.22. The molecule has 2 rings (SSSR count). The molecule has 0 amide bonds. The summed E-state index contributed by atoms with van der Waals surface area (Å²) in [7, 11) is 0. The SMILES string of the molecule is CCCSc1nc(NCCN)c(N)c(N(N)Cc2ccccc2)n1. The lowest BCUT2D eigenvalue weighted by Crippen LogP contribution is -2.32. The van der Waals surface area contributed by atoms with Crippen molar-refractivity contribution in [2.24, 2.45) is 11.6 Å². The third-order valence-electron chi connectivity index (χ3n) is 3.24. The number of rotatable bonds is 9. The highest BCUT2D eigenvalue weighted by Gasteiger charge is 2.16. The average molecular weight is 347 g/mol. The van der Waals surface area contributed by atoms with E-state index in [1.165, 1.54) is 0 Å². The highest BCUT2D eigenvalue weighted by Crippen LogP contribution is 2.30. The van der Waals surface area contributed by atoms with Gasteiger partial charge in [0.2, 0.25) is 0 Å². The van der Waals surface area contributed by atoms with E-state index < -0.39 is 0 Å². The van der Waals surface area contributed by atoms with Crippen LogP contribution in [0.25, 0.3) is 0 Å². The fourth-order valence-electron chi connectivity index (χ4n) is 2.09. The zero-order chi connectivity index (χ0) is 17.4. The molecule has 8 heteroatoms. The zero-order valence-electron chi connectivity index (χ0n) is 13.9. The second kappa shape index (κ2) is 9.31. The monoisotopic (exact) mass is 347 g/mol. The summed E-state index contributed by atoms with van der Waals surface area (Å²) in [5.74, 6) is 8.25. The molecule has 7 N–H and O–H groups in total. The number of benzene rings is 1. The second-order valence-corrected chi connectivity index (χ2v) is 6.33. The van der Waals surface area contributed by atoms with Crippen molar-refractivity contribution in [1.29, 1.82) is 0 Å². The van der Waals surface area contributed by atoms with Gasteiger partial charge in [0.05, 0.1) is 6.54 Å². The maximum atomic E-state index is 6.22. The summed E-state index contributed by atoms with van der Waals surface area (Å²) >= 11 is 1.58. The minimum absolute atomic E-state index is 0.433. The van der Waals surface area contributed by atoms with Gasteiger partial charge in [-0.05, 0) is 12.0 Å². The van der Waals surface area contributed by atoms with Gasteiger partial charge in [-0.1, -0.05) is 49.0 Å². The Kier molecular flexibility index (Phi) is 7.10. The molecule has 0 aliphatic heterocycles. The number of hydrogen-bond acceptors (Lipinski definition) is 8. The van der Waals surface area contributed by atoms with Crippen molar-refractivity contribution in [1.82, 2.24) is 9.97 Å². The number of nitrogen functional groups attached to an aromatic ring is 1. The van der Waals surface area contributed by atoms with Crippen LogP contribution in [0.5, 0.6) is 0 Å². The number of hydrazine groups is 1. The molecule has 2 aromatic rings. The van der Waals surface area contributed by atoms with Crippen LogP contribution in [0.2, 0.25) is 0 Å². The highest BCUT2D eigenvalue weighted by molar-refractivity contribution is 7.99. The molecular formula is C16H25N7S. The number of anilines is 3. The summed E-state index contributed by atoms with van der Waals surface area (Å²) < 4.78 is 0. The van der Waals surface area contributed by atoms with Crippen LogP contribution in [0.4, 0.5) is 17.3 Å². The number of nitrogens with two attached hydrogens (primary N) is 3. The first-order valence-electron chi connectivity index (χ1n) is 7.96. The second-order valence-electron chi connectivity index (χ2n) is 5.27. The normalized spacial score (nSPS) is 10.6. The summed E-state index contributed by atoms with van der Waals surface area (Å²) in [5.41, 5.74) is 13.3. The molecule has 0 fully saturated rings. The van der Waals surface area contributed by atoms with Crippen molar-refractivity contribution in [2.45, 2.75) is 25.0 Å². The standard InChI is InChI=1S/C16H25N7S/c1-2-10-24-16-21-14(20-9-8-17)13(18)15(22-16)23(19)11-12-6-4-3-5-7-12/h3-7H,2,8-11,17-19H2,1H3,(H,20,21,22). The van der Waals surface area contributed by atoms with Crippen molar-refractivity contribution < 1.29 is 0 Å². The molecule has 1 heterocycles. The average Bonchev–Trinajstić information content (AvgIpc) is 2.60. The molecule has 0 saturated heterocycles. The maximum Gasteiger partial charge on any atom is 0.191 e. The lowest BCUT2D eigenvalue weighted by Gasteiger charge is -2.21. The summed E-state index contributed by atoms with van der Waals surface area (Å²) in [6.45, 7) is 3.70. The summed E-state index contributed by atoms with van der Waals surface area (Å²) in [4.78, 5) is 9.01. The van der Waals surface area contributed by atoms with Crippen LogP contribution in [0.3, 0.4) is 0 Å². The van der Waals surface area contributed by atoms with Crippen LogP contribution in [-0.2, 0) is 6.54 Å². The van der Waals surface area contributed by atoms with E-state index in [-0.39, 0.29) is 0 Å². The Morgan fingerprint density at radius 2 is 1.96 bits per heavy atom. The molecular weight excluding hydrogens is 322 g/mol. The van der Waals surface area contributed by atoms with Gasteiger partial charge in [0, 0.05) is 18.8 Å². The fraction of sp³-hybridized carbons (Fsp3) is 0.375. The molecule has 0 saturated carbocycles. The number of nitrogens with one attached hydrogen (secondary N) is 1. The predicted octanol–water partition coefficient (Wildman–Crippen LogP) is 1.81. The Labute approximate surface area is 147 Å². The largest absolute Gasteiger partial charge is 0.393 e. The van der Waals surface area contributed by atoms with E-state index in [2.05, 4.69) is 22.2 Å². The molecule has 7 nitrogen and oxygen atoms in total. The Balaban J connectivity index is 2.27. The molecule has 0 aliphatic rings. The van der Waals surface area contributed by atoms with E-state index in [0.717, 1.165) is 17.7 Å². The Morgan fingerprint density at radius 3 is 2.62 bits per heavy atom. The lowest BCUT2D eigenvalue weighted by atomic mass is 10.2. The molecule has 0 bridgehead atoms. The molecule has 130 valence electrons. The van der Waals surface area contributed by atoms with Crippen molar-refractivity contribution in [2.75, 3.05) is 34.9 Å². The molecule has 0 atom stereocenters. The first kappa shape index (κ1) is 18.3. The van der Waals surface area contributed by atoms with E-state index in [1.54, 1.807) is 16.8 Å². The van der Waals surface area contributed by atoms with E-state index in [1.807, 2.05) is 30.3 Å². The predicted molar refractivity (Wildman–Crippen MR) is 102 cm³/mol. The topological polar surface area (TPSA) is 119 Å². The van der Waals surface area contributed by atoms with E-state index >= 15 is 0 Å². The Morgan fingerprint density at radius 1 is 1.21 bits per heavy atom. The van der Waals surface area contributed by atoms with Gasteiger partial charge >= 0.3 is 0 Å². The third kappa shape index (κ3) is 4.98. The van der Waals surface area contributed by atoms with Crippen molar-refractivity contribution >= 4 is 29.1 Å². The first-order valence-corrected chi connectivity index (χ1v) is 8.94. The van der Waals surface area contributed by atoms with Crippen LogP contribution in [0.1, 0.15) is 18.9 Å². The summed E-state index contributed by atoms with van der Waals surface area (Å²) in [6.07, 6.45) is 1.04. The van der Waals surface area contributed by atoms with Crippen molar-refractivity contribution in [3.8, 4) is 0 Å². The van der Waals surface area contributed by atoms with Gasteiger partial charge in [-0.2, -0.15) is 0 Å². The van der Waals surface area contributed by atoms with E-state index in [0.29, 0.717) is 42.1 Å². The van der Waals surface area contributed by atoms with Gasteiger partial charge in [-0.3, -0.25) is 5.01 Å². The van der Waals surface area contributed by atoms with Crippen LogP contribution < -0.4 is 27.6 Å². The number of hydrogen-bond donors (Lipinski definition) is 4. The van der Waals surface area contributed by atoms with Gasteiger partial charge in [-0.15, -0.1) is 0 Å². The minimum Gasteiger partial charge on any atom is -0.393 e. The van der Waals surface area contributed by atoms with Crippen molar-refractivity contribution in [3.05, 3.63) is 35.9 Å². The molecule has 0 unspecified atom stereocenters. The van der Waals surface area contributed by atoms with Gasteiger partial charge in [-0.25, -0.2) is 15.8 Å². The van der Waals surface area contributed by atoms with E-state index in [9.17, 15) is 0 Å². The molecule has 0 aliphatic carbocycles. The van der Waals surface area contributed by atoms with Gasteiger partial charge in [0.25, 0.3) is 0 Å². The van der Waals surface area contributed by atoms with Crippen molar-refractivity contribution in [3.63, 3.8) is 0 Å². The fourth-order valence-corrected chi connectivity index (χ4v) is 2.79. The van der Waals surface area contributed by atoms with Crippen LogP contribution in [-0.4, -0.2) is 28.8 Å². The third-order valence-corrected chi connectivity index (χ3v) is 4.30. The molecule has 0 radical (unpaired) electrons. The Hall–Kier alpha value is -2.03. The minimum atomic E-state index is 0.433. The molecule has 1 aromatic heterocycles. The number of thioether (sulfide) groups is 1. The van der Waals surface area contributed by atoms with Crippen LogP contribution >= 0.6 is 11.8 Å². The number of aromatic nitrogens is 2. The van der Waals surface area contributed by atoms with Gasteiger partial charge in [0.15, 0.2) is 16.8 Å². The van der Waals surface area contributed by atoms with Crippen LogP contribution in [0.15, 0.2) is 35.5 Å². The van der Waals surface area contributed by atoms with Gasteiger partial charge in [0.1, 0.15) is 5.69 Å². The highest BCUT2D eigenvalue weighted by atomic mass is 32.2. The summed E-state index contributed by atoms with van der Waals surface area (Å²) in [5, 5.41) is 5.35. The van der Waals surface area contributed by atoms with E-state index in [4.69, 9.17) is 17.3 Å². The molecule has 1 aromatic carbocycles. The molecule has 24 heavy (non-hydrogen) atoms. The van der Waals surface area contributed by atoms with Gasteiger partial charge < -0.3 is 16.8 Å². The smallest absolute Gasteiger partial charge is 0.191 e. The van der Waals surface area contributed by atoms with Crippen LogP contribution in [0, 0.1) is 0 Å². The zero-order valence-corrected chi connectivity index (χ0v) is 14.7.